The Morgan fingerprint density at radius 3 is 2.09 bits per heavy atom. The van der Waals surface area contributed by atoms with Gasteiger partial charge in [0.2, 0.25) is 0 Å². The molecule has 0 aliphatic rings. The van der Waals surface area contributed by atoms with Crippen molar-refractivity contribution in [2.75, 3.05) is 12.4 Å². The summed E-state index contributed by atoms with van der Waals surface area (Å²) in [6.45, 7) is 5.93. The zero-order valence-electron chi connectivity index (χ0n) is 7.69. The molecule has 0 aliphatic carbocycles. The summed E-state index contributed by atoms with van der Waals surface area (Å²) in [6.07, 6.45) is 1.56. The molecular weight excluding hydrogens is 204 g/mol. The Labute approximate surface area is 77.7 Å². The molecule has 0 spiro atoms. The van der Waals surface area contributed by atoms with E-state index in [1.54, 1.807) is 13.2 Å². The fraction of sp³-hybridized carbons (Fsp3) is 0.625. The van der Waals surface area contributed by atoms with Crippen LogP contribution in [-0.2, 0) is 0 Å². The fourth-order valence-corrected chi connectivity index (χ4v) is 1.13. The fourth-order valence-electron chi connectivity index (χ4n) is 0.438. The summed E-state index contributed by atoms with van der Waals surface area (Å²) >= 11 is 3.29. The van der Waals surface area contributed by atoms with E-state index < -0.39 is 0 Å². The van der Waals surface area contributed by atoms with Crippen molar-refractivity contribution in [3.05, 3.63) is 11.8 Å². The van der Waals surface area contributed by atoms with Crippen molar-refractivity contribution in [1.29, 1.82) is 0 Å². The molecule has 0 rings (SSSR count). The summed E-state index contributed by atoms with van der Waals surface area (Å²) < 4.78 is 0. The van der Waals surface area contributed by atoms with E-state index in [2.05, 4.69) is 20.9 Å². The number of hydrogen-bond acceptors (Lipinski definition) is 2. The van der Waals surface area contributed by atoms with Crippen molar-refractivity contribution in [1.82, 2.24) is 0 Å². The molecule has 0 saturated carbocycles. The largest absolute Gasteiger partial charge is 0.404 e. The van der Waals surface area contributed by atoms with E-state index >= 15 is 0 Å². The van der Waals surface area contributed by atoms with Crippen LogP contribution < -0.4 is 5.73 Å². The summed E-state index contributed by atoms with van der Waals surface area (Å²) in [5.74, 6) is 0. The third-order valence-electron chi connectivity index (χ3n) is 1.10. The van der Waals surface area contributed by atoms with Crippen molar-refractivity contribution in [3.8, 4) is 0 Å². The van der Waals surface area contributed by atoms with Crippen LogP contribution in [-0.4, -0.2) is 18.1 Å². The van der Waals surface area contributed by atoms with Crippen LogP contribution in [0.15, 0.2) is 16.8 Å². The molecule has 3 heteroatoms. The maximum absolute atomic E-state index is 5.26. The lowest BCUT2D eigenvalue weighted by molar-refractivity contribution is 1.37. The zero-order chi connectivity index (χ0) is 9.28. The van der Waals surface area contributed by atoms with Gasteiger partial charge in [-0.25, -0.2) is 0 Å². The first-order valence-electron chi connectivity index (χ1n) is 3.66. The molecule has 0 unspecified atom stereocenters. The van der Waals surface area contributed by atoms with Gasteiger partial charge in [0.05, 0.1) is 0 Å². The molecule has 0 saturated heterocycles. The molecule has 2 nitrogen and oxygen atoms in total. The van der Waals surface area contributed by atoms with Crippen LogP contribution in [0, 0.1) is 0 Å². The molecule has 66 valence electrons. The van der Waals surface area contributed by atoms with Gasteiger partial charge in [-0.1, -0.05) is 29.8 Å². The highest BCUT2D eigenvalue weighted by atomic mass is 79.9. The van der Waals surface area contributed by atoms with Gasteiger partial charge in [-0.2, -0.15) is 0 Å². The average molecular weight is 221 g/mol. The number of rotatable bonds is 2. The number of hydrogen-bond donors (Lipinski definition) is 1. The molecule has 0 fully saturated rings. The maximum Gasteiger partial charge on any atom is 0.0493 e. The Balaban J connectivity index is 0. The lowest BCUT2D eigenvalue weighted by atomic mass is 10.2. The molecule has 11 heavy (non-hydrogen) atoms. The number of nitrogens with two attached hydrogens (primary N) is 1. The van der Waals surface area contributed by atoms with Crippen molar-refractivity contribution in [2.24, 2.45) is 10.7 Å². The zero-order valence-corrected chi connectivity index (χ0v) is 9.27. The number of alkyl halides is 1. The SMILES string of the molecule is CC.CN=C(CBr)/C(C)=C\N. The van der Waals surface area contributed by atoms with Gasteiger partial charge in [0.15, 0.2) is 0 Å². The van der Waals surface area contributed by atoms with Gasteiger partial charge >= 0.3 is 0 Å². The normalized spacial score (nSPS) is 12.1. The van der Waals surface area contributed by atoms with E-state index in [4.69, 9.17) is 5.73 Å². The number of nitrogens with zero attached hydrogens (tertiary/aromatic N) is 1. The number of allylic oxidation sites excluding steroid dienone is 1. The Morgan fingerprint density at radius 2 is 2.00 bits per heavy atom. The van der Waals surface area contributed by atoms with E-state index in [1.165, 1.54) is 0 Å². The van der Waals surface area contributed by atoms with Gasteiger partial charge in [-0.05, 0) is 18.7 Å². The molecule has 0 aromatic heterocycles. The second-order valence-electron chi connectivity index (χ2n) is 1.65. The lowest BCUT2D eigenvalue weighted by Gasteiger charge is -1.97. The minimum Gasteiger partial charge on any atom is -0.404 e. The molecule has 2 N–H and O–H groups in total. The van der Waals surface area contributed by atoms with E-state index in [0.717, 1.165) is 16.6 Å². The Kier molecular flexibility index (Phi) is 11.7. The monoisotopic (exact) mass is 220 g/mol. The predicted octanol–water partition coefficient (Wildman–Crippen LogP) is 2.34. The van der Waals surface area contributed by atoms with Gasteiger partial charge in [0, 0.05) is 18.1 Å². The summed E-state index contributed by atoms with van der Waals surface area (Å²) in [5.41, 5.74) is 7.28. The van der Waals surface area contributed by atoms with Gasteiger partial charge < -0.3 is 5.73 Å². The molecule has 0 aliphatic heterocycles. The minimum absolute atomic E-state index is 0.767. The van der Waals surface area contributed by atoms with Gasteiger partial charge in [-0.3, -0.25) is 4.99 Å². The highest BCUT2D eigenvalue weighted by Crippen LogP contribution is 1.97. The van der Waals surface area contributed by atoms with Crippen LogP contribution in [0.1, 0.15) is 20.8 Å². The van der Waals surface area contributed by atoms with Crippen LogP contribution in [0.3, 0.4) is 0 Å². The van der Waals surface area contributed by atoms with Gasteiger partial charge in [0.25, 0.3) is 0 Å². The van der Waals surface area contributed by atoms with Gasteiger partial charge in [0.1, 0.15) is 0 Å². The van der Waals surface area contributed by atoms with E-state index in [0.29, 0.717) is 0 Å². The topological polar surface area (TPSA) is 38.4 Å². The Morgan fingerprint density at radius 1 is 1.55 bits per heavy atom. The second kappa shape index (κ2) is 9.69. The smallest absolute Gasteiger partial charge is 0.0493 e. The first kappa shape index (κ1) is 13.3. The first-order chi connectivity index (χ1) is 5.26. The average Bonchev–Trinajstić information content (AvgIpc) is 2.10. The molecule has 0 atom stereocenters. The quantitative estimate of drug-likeness (QED) is 0.564. The molecule has 0 amide bonds. The molecular formula is C8H17BrN2. The molecule has 0 bridgehead atoms. The van der Waals surface area contributed by atoms with Crippen molar-refractivity contribution < 1.29 is 0 Å². The number of halogens is 1. The maximum atomic E-state index is 5.26. The summed E-state index contributed by atoms with van der Waals surface area (Å²) in [7, 11) is 1.75. The Bertz CT molecular complexity index is 139. The first-order valence-corrected chi connectivity index (χ1v) is 4.79. The highest BCUT2D eigenvalue weighted by molar-refractivity contribution is 9.09. The van der Waals surface area contributed by atoms with Crippen molar-refractivity contribution >= 4 is 21.6 Å². The number of aliphatic imine (C=N–C) groups is 1. The third-order valence-corrected chi connectivity index (χ3v) is 1.63. The highest BCUT2D eigenvalue weighted by Gasteiger charge is 1.95. The standard InChI is InChI=1S/C6H11BrN2.C2H6/c1-5(4-8)6(3-7)9-2;1-2/h4H,3,8H2,1-2H3;1-2H3/b5-4-,9-6?;. The van der Waals surface area contributed by atoms with Crippen LogP contribution in [0.25, 0.3) is 0 Å². The third kappa shape index (κ3) is 6.10. The molecule has 0 heterocycles. The summed E-state index contributed by atoms with van der Waals surface area (Å²) in [6, 6.07) is 0. The van der Waals surface area contributed by atoms with Crippen molar-refractivity contribution in [2.45, 2.75) is 20.8 Å². The van der Waals surface area contributed by atoms with Crippen LogP contribution in [0.2, 0.25) is 0 Å². The molecule has 0 aromatic carbocycles. The Hall–Kier alpha value is -0.310. The van der Waals surface area contributed by atoms with E-state index in [-0.39, 0.29) is 0 Å². The van der Waals surface area contributed by atoms with Crippen LogP contribution >= 0.6 is 15.9 Å². The van der Waals surface area contributed by atoms with Gasteiger partial charge in [-0.15, -0.1) is 0 Å². The summed E-state index contributed by atoms with van der Waals surface area (Å²) in [5, 5.41) is 0.767. The van der Waals surface area contributed by atoms with E-state index in [9.17, 15) is 0 Å². The summed E-state index contributed by atoms with van der Waals surface area (Å²) in [4.78, 5) is 4.00. The lowest BCUT2D eigenvalue weighted by Crippen LogP contribution is -2.03. The molecule has 0 aromatic rings. The van der Waals surface area contributed by atoms with Crippen molar-refractivity contribution in [3.63, 3.8) is 0 Å². The second-order valence-corrected chi connectivity index (χ2v) is 2.21. The minimum atomic E-state index is 0.767. The van der Waals surface area contributed by atoms with E-state index in [1.807, 2.05) is 20.8 Å². The van der Waals surface area contributed by atoms with Crippen LogP contribution in [0.4, 0.5) is 0 Å². The molecule has 0 radical (unpaired) electrons. The van der Waals surface area contributed by atoms with Crippen LogP contribution in [0.5, 0.6) is 0 Å². The predicted molar refractivity (Wildman–Crippen MR) is 56.4 cm³/mol.